The molecule has 0 amide bonds. The molecule has 0 atom stereocenters. The van der Waals surface area contributed by atoms with Crippen molar-refractivity contribution in [1.82, 2.24) is 10.0 Å². The van der Waals surface area contributed by atoms with Crippen LogP contribution in [-0.4, -0.2) is 21.5 Å². The van der Waals surface area contributed by atoms with Gasteiger partial charge in [0.05, 0.1) is 4.90 Å². The minimum absolute atomic E-state index is 0.368. The molecular formula is C16H26N2O2S. The Bertz CT molecular complexity index is 539. The minimum Gasteiger partial charge on any atom is -0.313 e. The third-order valence-corrected chi connectivity index (χ3v) is 5.49. The molecule has 1 fully saturated rings. The van der Waals surface area contributed by atoms with E-state index in [1.54, 1.807) is 12.1 Å². The van der Waals surface area contributed by atoms with Gasteiger partial charge in [-0.15, -0.1) is 0 Å². The normalized spacial score (nSPS) is 15.9. The van der Waals surface area contributed by atoms with Gasteiger partial charge < -0.3 is 5.32 Å². The van der Waals surface area contributed by atoms with E-state index in [1.807, 2.05) is 12.1 Å². The summed E-state index contributed by atoms with van der Waals surface area (Å²) in [5.41, 5.74) is 1.00. The second kappa shape index (κ2) is 7.92. The summed E-state index contributed by atoms with van der Waals surface area (Å²) in [6, 6.07) is 7.18. The summed E-state index contributed by atoms with van der Waals surface area (Å²) >= 11 is 0. The zero-order valence-corrected chi connectivity index (χ0v) is 13.6. The highest BCUT2D eigenvalue weighted by atomic mass is 32.2. The molecule has 21 heavy (non-hydrogen) atoms. The Morgan fingerprint density at radius 3 is 2.71 bits per heavy atom. The molecule has 0 spiro atoms. The predicted octanol–water partition coefficient (Wildman–Crippen LogP) is 2.65. The summed E-state index contributed by atoms with van der Waals surface area (Å²) in [5.74, 6) is 0.720. The lowest BCUT2D eigenvalue weighted by Crippen LogP contribution is -2.27. The summed E-state index contributed by atoms with van der Waals surface area (Å²) in [4.78, 5) is 0.368. The predicted molar refractivity (Wildman–Crippen MR) is 85.6 cm³/mol. The van der Waals surface area contributed by atoms with Crippen molar-refractivity contribution in [3.05, 3.63) is 29.8 Å². The topological polar surface area (TPSA) is 58.2 Å². The zero-order chi connectivity index (χ0) is 15.1. The van der Waals surface area contributed by atoms with Gasteiger partial charge in [0.1, 0.15) is 0 Å². The molecule has 1 saturated carbocycles. The van der Waals surface area contributed by atoms with Gasteiger partial charge in [-0.2, -0.15) is 0 Å². The number of rotatable bonds is 9. The van der Waals surface area contributed by atoms with Crippen molar-refractivity contribution < 1.29 is 8.42 Å². The summed E-state index contributed by atoms with van der Waals surface area (Å²) in [7, 11) is -3.37. The SMILES string of the molecule is CCCNCc1cccc(S(=O)(=O)NCCC2CCC2)c1. The maximum absolute atomic E-state index is 12.3. The van der Waals surface area contributed by atoms with Gasteiger partial charge in [-0.25, -0.2) is 13.1 Å². The minimum atomic E-state index is -3.37. The van der Waals surface area contributed by atoms with Crippen molar-refractivity contribution in [2.75, 3.05) is 13.1 Å². The quantitative estimate of drug-likeness (QED) is 0.689. The molecule has 2 rings (SSSR count). The van der Waals surface area contributed by atoms with Crippen molar-refractivity contribution in [3.63, 3.8) is 0 Å². The molecule has 0 bridgehead atoms. The highest BCUT2D eigenvalue weighted by molar-refractivity contribution is 7.89. The molecule has 4 nitrogen and oxygen atoms in total. The van der Waals surface area contributed by atoms with Gasteiger partial charge >= 0.3 is 0 Å². The summed E-state index contributed by atoms with van der Waals surface area (Å²) in [6.07, 6.45) is 5.82. The van der Waals surface area contributed by atoms with Crippen molar-refractivity contribution in [3.8, 4) is 0 Å². The highest BCUT2D eigenvalue weighted by Gasteiger charge is 2.19. The van der Waals surface area contributed by atoms with Gasteiger partial charge in [0.25, 0.3) is 0 Å². The molecule has 1 aromatic carbocycles. The number of sulfonamides is 1. The van der Waals surface area contributed by atoms with E-state index >= 15 is 0 Å². The van der Waals surface area contributed by atoms with E-state index in [4.69, 9.17) is 0 Å². The molecule has 0 saturated heterocycles. The lowest BCUT2D eigenvalue weighted by molar-refractivity contribution is 0.297. The molecular weight excluding hydrogens is 284 g/mol. The van der Waals surface area contributed by atoms with Gasteiger partial charge in [0.15, 0.2) is 0 Å². The summed E-state index contributed by atoms with van der Waals surface area (Å²) in [5, 5.41) is 3.29. The second-order valence-electron chi connectivity index (χ2n) is 5.81. The van der Waals surface area contributed by atoms with E-state index in [0.29, 0.717) is 18.0 Å². The molecule has 0 heterocycles. The van der Waals surface area contributed by atoms with E-state index < -0.39 is 10.0 Å². The van der Waals surface area contributed by atoms with E-state index in [-0.39, 0.29) is 0 Å². The molecule has 1 aliphatic carbocycles. The third-order valence-electron chi connectivity index (χ3n) is 4.03. The number of hydrogen-bond acceptors (Lipinski definition) is 3. The molecule has 1 aromatic rings. The Morgan fingerprint density at radius 1 is 1.24 bits per heavy atom. The molecule has 5 heteroatoms. The molecule has 0 aromatic heterocycles. The van der Waals surface area contributed by atoms with Crippen LogP contribution >= 0.6 is 0 Å². The van der Waals surface area contributed by atoms with Crippen molar-refractivity contribution in [2.45, 2.75) is 50.5 Å². The average molecular weight is 310 g/mol. The highest BCUT2D eigenvalue weighted by Crippen LogP contribution is 2.28. The first-order valence-electron chi connectivity index (χ1n) is 7.91. The van der Waals surface area contributed by atoms with E-state index in [9.17, 15) is 8.42 Å². The molecule has 118 valence electrons. The van der Waals surface area contributed by atoms with E-state index in [2.05, 4.69) is 17.0 Å². The van der Waals surface area contributed by atoms with Crippen LogP contribution in [0.1, 0.15) is 44.6 Å². The lowest BCUT2D eigenvalue weighted by atomic mass is 9.83. The van der Waals surface area contributed by atoms with Crippen LogP contribution in [0, 0.1) is 5.92 Å². The van der Waals surface area contributed by atoms with Crippen molar-refractivity contribution in [1.29, 1.82) is 0 Å². The van der Waals surface area contributed by atoms with Gasteiger partial charge in [-0.05, 0) is 43.0 Å². The zero-order valence-electron chi connectivity index (χ0n) is 12.8. The standard InChI is InChI=1S/C16H26N2O2S/c1-2-10-17-13-15-7-4-8-16(12-15)21(19,20)18-11-9-14-5-3-6-14/h4,7-8,12,14,17-18H,2-3,5-6,9-11,13H2,1H3. The Hall–Kier alpha value is -0.910. The Kier molecular flexibility index (Phi) is 6.21. The maximum Gasteiger partial charge on any atom is 0.240 e. The van der Waals surface area contributed by atoms with Gasteiger partial charge in [-0.3, -0.25) is 0 Å². The lowest BCUT2D eigenvalue weighted by Gasteiger charge is -2.25. The van der Waals surface area contributed by atoms with Crippen LogP contribution in [0.3, 0.4) is 0 Å². The molecule has 1 aliphatic rings. The summed E-state index contributed by atoms with van der Waals surface area (Å²) in [6.45, 7) is 4.31. The van der Waals surface area contributed by atoms with E-state index in [0.717, 1.165) is 30.9 Å². The van der Waals surface area contributed by atoms with Crippen LogP contribution in [0.25, 0.3) is 0 Å². The average Bonchev–Trinajstić information content (AvgIpc) is 2.42. The van der Waals surface area contributed by atoms with Crippen LogP contribution < -0.4 is 10.0 Å². The molecule has 0 unspecified atom stereocenters. The van der Waals surface area contributed by atoms with Crippen LogP contribution in [0.2, 0.25) is 0 Å². The first-order chi connectivity index (χ1) is 10.1. The van der Waals surface area contributed by atoms with Gasteiger partial charge in [-0.1, -0.05) is 38.3 Å². The van der Waals surface area contributed by atoms with Crippen molar-refractivity contribution in [2.24, 2.45) is 5.92 Å². The van der Waals surface area contributed by atoms with E-state index in [1.165, 1.54) is 19.3 Å². The maximum atomic E-state index is 12.3. The summed E-state index contributed by atoms with van der Waals surface area (Å²) < 4.78 is 27.3. The Morgan fingerprint density at radius 2 is 2.05 bits per heavy atom. The fraction of sp³-hybridized carbons (Fsp3) is 0.625. The third kappa shape index (κ3) is 5.09. The first kappa shape index (κ1) is 16.5. The van der Waals surface area contributed by atoms with Gasteiger partial charge in [0.2, 0.25) is 10.0 Å². The molecule has 2 N–H and O–H groups in total. The van der Waals surface area contributed by atoms with Crippen LogP contribution in [0.4, 0.5) is 0 Å². The number of benzene rings is 1. The number of nitrogens with one attached hydrogen (secondary N) is 2. The number of hydrogen-bond donors (Lipinski definition) is 2. The smallest absolute Gasteiger partial charge is 0.240 e. The molecule has 0 aliphatic heterocycles. The second-order valence-corrected chi connectivity index (χ2v) is 7.57. The van der Waals surface area contributed by atoms with Crippen LogP contribution in [-0.2, 0) is 16.6 Å². The van der Waals surface area contributed by atoms with Gasteiger partial charge in [0, 0.05) is 13.1 Å². The largest absolute Gasteiger partial charge is 0.313 e. The van der Waals surface area contributed by atoms with Crippen LogP contribution in [0.15, 0.2) is 29.2 Å². The first-order valence-corrected chi connectivity index (χ1v) is 9.39. The van der Waals surface area contributed by atoms with Crippen LogP contribution in [0.5, 0.6) is 0 Å². The fourth-order valence-corrected chi connectivity index (χ4v) is 3.61. The van der Waals surface area contributed by atoms with Crippen molar-refractivity contribution >= 4 is 10.0 Å². The fourth-order valence-electron chi connectivity index (χ4n) is 2.49. The molecule has 0 radical (unpaired) electrons. The Labute approximate surface area is 128 Å². The monoisotopic (exact) mass is 310 g/mol. The Balaban J connectivity index is 1.89.